The van der Waals surface area contributed by atoms with Gasteiger partial charge in [-0.25, -0.2) is 0 Å². The van der Waals surface area contributed by atoms with Crippen molar-refractivity contribution >= 4 is 45.5 Å². The number of ether oxygens (including phenoxy) is 3. The van der Waals surface area contributed by atoms with Crippen LogP contribution >= 0.6 is 0 Å². The fraction of sp³-hybridized carbons (Fsp3) is 0.480. The summed E-state index contributed by atoms with van der Waals surface area (Å²) in [4.78, 5) is 52.4. The Hall–Kier alpha value is -7.89. The molecule has 7 aliphatic rings. The minimum Gasteiger partial charge on any atom is -0.508 e. The Kier molecular flexibility index (Phi) is 16.9. The Morgan fingerprint density at radius 3 is 2.53 bits per heavy atom. The van der Waals surface area contributed by atoms with E-state index in [2.05, 4.69) is 49.9 Å². The maximum atomic E-state index is 15.7. The maximum Gasteiger partial charge on any atom is 0.318 e. The summed E-state index contributed by atoms with van der Waals surface area (Å²) in [6.07, 6.45) is 5.78. The van der Waals surface area contributed by atoms with Crippen LogP contribution in [0.1, 0.15) is 129 Å². The van der Waals surface area contributed by atoms with Crippen molar-refractivity contribution in [2.75, 3.05) is 26.9 Å². The van der Waals surface area contributed by atoms with E-state index < -0.39 is 59.1 Å². The normalized spacial score (nSPS) is 30.6. The smallest absolute Gasteiger partial charge is 0.318 e. The molecule has 3 aromatic heterocycles. The monoisotopic (exact) mass is 1260 g/mol. The molecule has 2 bridgehead atoms. The van der Waals surface area contributed by atoms with Gasteiger partial charge in [-0.3, -0.25) is 9.59 Å². The van der Waals surface area contributed by atoms with Crippen LogP contribution in [0.15, 0.2) is 97.2 Å². The molecule has 2 spiro atoms. The van der Waals surface area contributed by atoms with Crippen LogP contribution in [0.2, 0.25) is 0 Å². The number of phenolic OH excluding ortho intramolecular Hbond substituents is 3. The summed E-state index contributed by atoms with van der Waals surface area (Å²) >= 11 is 0. The number of piperidine rings is 1. The Morgan fingerprint density at radius 2 is 1.72 bits per heavy atom. The molecular weight excluding hydrogens is 1180 g/mol. The number of nitrogens with one attached hydrogen (secondary N) is 3. The number of allylic oxidation sites excluding steroid dienone is 1. The molecule has 18 nitrogen and oxygen atoms in total. The van der Waals surface area contributed by atoms with Gasteiger partial charge in [-0.05, 0) is 200 Å². The van der Waals surface area contributed by atoms with Gasteiger partial charge in [-0.15, -0.1) is 0 Å². The number of aliphatic hydroxyl groups excluding tert-OH is 5. The number of phenols is 3. The van der Waals surface area contributed by atoms with Gasteiger partial charge in [0.2, 0.25) is 0 Å². The van der Waals surface area contributed by atoms with Crippen molar-refractivity contribution in [3.05, 3.63) is 131 Å². The van der Waals surface area contributed by atoms with Crippen molar-refractivity contribution in [1.29, 1.82) is 0 Å². The van der Waals surface area contributed by atoms with Crippen LogP contribution in [0.25, 0.3) is 38.8 Å². The highest BCUT2D eigenvalue weighted by atomic mass is 16.6. The third kappa shape index (κ3) is 10.9. The summed E-state index contributed by atoms with van der Waals surface area (Å²) < 4.78 is 20.2. The first-order valence-corrected chi connectivity index (χ1v) is 33.4. The van der Waals surface area contributed by atoms with E-state index >= 15 is 9.59 Å². The van der Waals surface area contributed by atoms with Crippen LogP contribution in [-0.4, -0.2) is 136 Å². The van der Waals surface area contributed by atoms with Crippen molar-refractivity contribution in [2.24, 2.45) is 46.8 Å². The largest absolute Gasteiger partial charge is 0.508 e. The number of rotatable bonds is 12. The molecule has 4 aromatic carbocycles. The minimum absolute atomic E-state index is 0.0252. The Morgan fingerprint density at radius 1 is 0.882 bits per heavy atom. The summed E-state index contributed by atoms with van der Waals surface area (Å²) in [6.45, 7) is 1.35. The standard InChI is InChI=1S/C75H84N4O14/c1-40(83)60-29-43-15-14-42-16-17-45(84)30-51(42)63-36-61-62(21-22-76-61)79(63)73(43)75(78-60)39-74(58(38-82)56(75)10-7-23-80)37-44-28-55-52-34-66(89)67(91-2)35-53(52)54(71(44)50-19-18-46(85)32-57(50)74)31-47(86)33-69(65(88)26-41-13-20-64(87)68(27-41)92-25-24-81)93-70(90)12-6-4-9-49-48-8-3-5-11-59(48)77-72(49)55/h3,5,8,11,13,16-17,20-22,27-28,30,34-36,38,40,43-44,46,50,54,56-58,60,65,69,71,73,76-78,80-81,83-85,87-89H,7,9-10,12,14-15,18-19,23-26,29,31-33,37,39H2,1-2H3/t40-,43-,44-,46-,50+,54-,56-,57-,58+,60-,65+,69-,71+,73+,74+,75+/m0/s1. The van der Waals surface area contributed by atoms with Crippen LogP contribution in [0.5, 0.6) is 28.7 Å². The van der Waals surface area contributed by atoms with Crippen molar-refractivity contribution in [1.82, 2.24) is 19.9 Å². The van der Waals surface area contributed by atoms with E-state index in [1.165, 1.54) is 25.5 Å². The minimum atomic E-state index is -1.42. The molecule has 4 fully saturated rings. The number of fused-ring (bicyclic) bond motifs is 17. The lowest BCUT2D eigenvalue weighted by Crippen LogP contribution is -2.66. The second kappa shape index (κ2) is 25.1. The average molecular weight is 1270 g/mol. The van der Waals surface area contributed by atoms with E-state index in [-0.39, 0.29) is 128 Å². The molecule has 488 valence electrons. The zero-order valence-electron chi connectivity index (χ0n) is 52.6. The Labute approximate surface area is 540 Å². The molecule has 18 heteroatoms. The number of aldehydes is 1. The van der Waals surface area contributed by atoms with Gasteiger partial charge in [-0.1, -0.05) is 48.2 Å². The number of aromatic nitrogens is 3. The van der Waals surface area contributed by atoms with E-state index in [1.807, 2.05) is 55.6 Å². The third-order valence-electron chi connectivity index (χ3n) is 23.0. The fourth-order valence-electron chi connectivity index (χ4n) is 19.5. The average Bonchev–Trinajstić information content (AvgIpc) is 1.53. The molecule has 6 heterocycles. The molecule has 7 aromatic rings. The van der Waals surface area contributed by atoms with Gasteiger partial charge >= 0.3 is 5.97 Å². The number of ketones is 1. The van der Waals surface area contributed by atoms with Crippen LogP contribution in [0.4, 0.5) is 0 Å². The molecule has 0 amide bonds. The summed E-state index contributed by atoms with van der Waals surface area (Å²) in [5.41, 5.74) is 8.24. The molecule has 3 saturated carbocycles. The number of H-pyrrole nitrogens is 2. The highest BCUT2D eigenvalue weighted by molar-refractivity contribution is 5.95. The highest BCUT2D eigenvalue weighted by Crippen LogP contribution is 2.73. The number of aryl methyl sites for hydroxylation is 1. The second-order valence-electron chi connectivity index (χ2n) is 27.9. The van der Waals surface area contributed by atoms with E-state index in [9.17, 15) is 45.6 Å². The van der Waals surface area contributed by atoms with Crippen molar-refractivity contribution in [3.8, 4) is 51.8 Å². The summed E-state index contributed by atoms with van der Waals surface area (Å²) in [5.74, 6) is 2.51. The predicted molar refractivity (Wildman–Crippen MR) is 348 cm³/mol. The van der Waals surface area contributed by atoms with Crippen molar-refractivity contribution in [2.45, 2.75) is 151 Å². The van der Waals surface area contributed by atoms with Gasteiger partial charge in [0.05, 0.1) is 60.5 Å². The molecule has 4 aliphatic carbocycles. The number of hydrogen-bond acceptors (Lipinski definition) is 15. The number of benzene rings is 4. The van der Waals surface area contributed by atoms with Gasteiger partial charge in [-0.2, -0.15) is 0 Å². The molecule has 16 atom stereocenters. The lowest BCUT2D eigenvalue weighted by molar-refractivity contribution is -0.155. The number of esters is 1. The third-order valence-corrected chi connectivity index (χ3v) is 23.0. The molecule has 11 N–H and O–H groups in total. The zero-order valence-corrected chi connectivity index (χ0v) is 52.6. The number of aromatic amines is 2. The zero-order chi connectivity index (χ0) is 64.6. The van der Waals surface area contributed by atoms with Gasteiger partial charge in [0, 0.05) is 78.0 Å². The first-order valence-electron chi connectivity index (χ1n) is 33.4. The van der Waals surface area contributed by atoms with Gasteiger partial charge < -0.3 is 79.7 Å². The lowest BCUT2D eigenvalue weighted by Gasteiger charge is -2.59. The SMILES string of the molecule is COc1cc2c(cc1O)C1=C[C@H]3C[C@@]4(C[C@@]5(N[C@H]([C@H](C)O)C[C@@H]6CCc7ccc(O)cc7-c7cc8[nH]ccc8n7[C@H]65)[C@@H](CCCO)[C@H]4C=O)[C@H]4C[C@@H](O)CC[C@H]4[C@@H]3[C@H]2CC(=O)C[C@@H]([C@H](O)Cc2ccc(O)c(OCCO)c2)OC(=O)CC#CCc2c1[nH]c1ccccc21. The van der Waals surface area contributed by atoms with E-state index in [4.69, 9.17) is 14.2 Å². The predicted octanol–water partition coefficient (Wildman–Crippen LogP) is 9.25. The number of Topliss-reactive ketones (excluding diaryl/α,β-unsaturated/α-hetero) is 1. The van der Waals surface area contributed by atoms with Crippen molar-refractivity contribution < 1.29 is 69.4 Å². The van der Waals surface area contributed by atoms with E-state index in [1.54, 1.807) is 18.2 Å². The van der Waals surface area contributed by atoms with Gasteiger partial charge in [0.1, 0.15) is 37.0 Å². The van der Waals surface area contributed by atoms with E-state index in [0.29, 0.717) is 68.9 Å². The summed E-state index contributed by atoms with van der Waals surface area (Å²) in [7, 11) is 1.49. The van der Waals surface area contributed by atoms with E-state index in [0.717, 1.165) is 67.6 Å². The first kappa shape index (κ1) is 62.6. The number of nitrogens with zero attached hydrogens (tertiary/aromatic N) is 1. The lowest BCUT2D eigenvalue weighted by atomic mass is 9.45. The second-order valence-corrected chi connectivity index (χ2v) is 27.9. The highest BCUT2D eigenvalue weighted by Gasteiger charge is 2.71. The molecule has 93 heavy (non-hydrogen) atoms. The molecule has 0 radical (unpaired) electrons. The number of carbonyl (C=O) groups is 3. The number of aromatic hydroxyl groups is 3. The van der Waals surface area contributed by atoms with Crippen LogP contribution in [0, 0.1) is 58.7 Å². The fourth-order valence-corrected chi connectivity index (χ4v) is 19.5. The number of aliphatic hydroxyl groups is 5. The first-order chi connectivity index (χ1) is 45.0. The molecule has 0 unspecified atom stereocenters. The Bertz CT molecular complexity index is 4110. The molecule has 3 aliphatic heterocycles. The van der Waals surface area contributed by atoms with Gasteiger partial charge in [0.25, 0.3) is 0 Å². The molecule has 1 saturated heterocycles. The van der Waals surface area contributed by atoms with Crippen LogP contribution < -0.4 is 14.8 Å². The summed E-state index contributed by atoms with van der Waals surface area (Å²) in [5, 5.41) is 96.3. The van der Waals surface area contributed by atoms with Crippen LogP contribution in [-0.2, 0) is 38.4 Å². The number of para-hydroxylation sites is 1. The topological polar surface area (TPSA) is 289 Å². The number of carbonyl (C=O) groups excluding carboxylic acids is 3. The quantitative estimate of drug-likeness (QED) is 0.0309. The number of cyclic esters (lactones) is 1. The Balaban J connectivity index is 0.975. The van der Waals surface area contributed by atoms with Gasteiger partial charge in [0.15, 0.2) is 23.0 Å². The molecule has 14 rings (SSSR count). The van der Waals surface area contributed by atoms with Crippen LogP contribution in [0.3, 0.4) is 0 Å². The summed E-state index contributed by atoms with van der Waals surface area (Å²) in [6, 6.07) is 25.3. The molecular formula is C75H84N4O14. The van der Waals surface area contributed by atoms with Crippen molar-refractivity contribution in [3.63, 3.8) is 0 Å². The number of methoxy groups -OCH3 is 1. The number of hydrogen-bond donors (Lipinski definition) is 11. The maximum absolute atomic E-state index is 15.7.